The van der Waals surface area contributed by atoms with Gasteiger partial charge >= 0.3 is 11.8 Å². The highest BCUT2D eigenvalue weighted by Crippen LogP contribution is 2.17. The molecule has 0 aliphatic heterocycles. The number of amides is 2. The summed E-state index contributed by atoms with van der Waals surface area (Å²) in [5, 5.41) is 11.5. The normalized spacial score (nSPS) is 16.1. The highest BCUT2D eigenvalue weighted by atomic mass is 16.3. The first-order chi connectivity index (χ1) is 7.69. The minimum absolute atomic E-state index is 0.115. The Morgan fingerprint density at radius 2 is 2.00 bits per heavy atom. The van der Waals surface area contributed by atoms with Crippen molar-refractivity contribution in [3.05, 3.63) is 0 Å². The molecule has 0 saturated heterocycles. The number of rotatable bonds is 4. The van der Waals surface area contributed by atoms with Gasteiger partial charge in [0, 0.05) is 19.1 Å². The van der Waals surface area contributed by atoms with Crippen molar-refractivity contribution in [3.63, 3.8) is 0 Å². The molecule has 2 amide bonds. The summed E-state index contributed by atoms with van der Waals surface area (Å²) < 4.78 is 0. The molecule has 5 nitrogen and oxygen atoms in total. The monoisotopic (exact) mass is 228 g/mol. The van der Waals surface area contributed by atoms with Gasteiger partial charge in [-0.1, -0.05) is 12.8 Å². The number of hydrogen-bond donors (Lipinski definition) is 2. The summed E-state index contributed by atoms with van der Waals surface area (Å²) in [4.78, 5) is 24.6. The van der Waals surface area contributed by atoms with Crippen molar-refractivity contribution in [2.24, 2.45) is 0 Å². The van der Waals surface area contributed by atoms with Crippen LogP contribution in [0.1, 0.15) is 32.6 Å². The zero-order valence-electron chi connectivity index (χ0n) is 9.74. The molecule has 1 fully saturated rings. The molecule has 5 heteroatoms. The molecule has 0 aromatic carbocycles. The van der Waals surface area contributed by atoms with E-state index in [2.05, 4.69) is 5.32 Å². The standard InChI is InChI=1S/C11H20N2O3/c1-2-13(7-8-14)11(16)10(15)12-9-5-3-4-6-9/h9,14H,2-8H2,1H3,(H,12,15). The number of nitrogens with one attached hydrogen (secondary N) is 1. The Morgan fingerprint density at radius 3 is 2.50 bits per heavy atom. The Labute approximate surface area is 95.8 Å². The quantitative estimate of drug-likeness (QED) is 0.659. The predicted molar refractivity (Wildman–Crippen MR) is 59.7 cm³/mol. The van der Waals surface area contributed by atoms with E-state index in [1.807, 2.05) is 0 Å². The van der Waals surface area contributed by atoms with Gasteiger partial charge in [-0.15, -0.1) is 0 Å². The highest BCUT2D eigenvalue weighted by Gasteiger charge is 2.24. The van der Waals surface area contributed by atoms with E-state index >= 15 is 0 Å². The third kappa shape index (κ3) is 3.48. The van der Waals surface area contributed by atoms with Crippen LogP contribution in [0, 0.1) is 0 Å². The van der Waals surface area contributed by atoms with E-state index in [-0.39, 0.29) is 19.2 Å². The zero-order chi connectivity index (χ0) is 12.0. The Hall–Kier alpha value is -1.10. The van der Waals surface area contributed by atoms with Crippen LogP contribution in [0.2, 0.25) is 0 Å². The smallest absolute Gasteiger partial charge is 0.311 e. The van der Waals surface area contributed by atoms with Crippen molar-refractivity contribution < 1.29 is 14.7 Å². The highest BCUT2D eigenvalue weighted by molar-refractivity contribution is 6.35. The molecule has 0 radical (unpaired) electrons. The van der Waals surface area contributed by atoms with Gasteiger partial charge in [0.05, 0.1) is 6.61 Å². The van der Waals surface area contributed by atoms with Crippen molar-refractivity contribution in [1.82, 2.24) is 10.2 Å². The van der Waals surface area contributed by atoms with E-state index < -0.39 is 11.8 Å². The number of likely N-dealkylation sites (N-methyl/N-ethyl adjacent to an activating group) is 1. The molecule has 92 valence electrons. The second-order valence-corrected chi connectivity index (χ2v) is 4.06. The minimum atomic E-state index is -0.540. The van der Waals surface area contributed by atoms with Gasteiger partial charge in [-0.05, 0) is 19.8 Å². The molecule has 0 unspecified atom stereocenters. The Morgan fingerprint density at radius 1 is 1.38 bits per heavy atom. The molecule has 0 bridgehead atoms. The Balaban J connectivity index is 2.41. The molecule has 1 rings (SSSR count). The number of hydrogen-bond acceptors (Lipinski definition) is 3. The molecule has 0 spiro atoms. The molecular formula is C11H20N2O3. The summed E-state index contributed by atoms with van der Waals surface area (Å²) in [5.74, 6) is -1.08. The van der Waals surface area contributed by atoms with Crippen molar-refractivity contribution in [2.45, 2.75) is 38.6 Å². The maximum absolute atomic E-state index is 11.7. The van der Waals surface area contributed by atoms with Crippen molar-refractivity contribution in [2.75, 3.05) is 19.7 Å². The molecule has 16 heavy (non-hydrogen) atoms. The lowest BCUT2D eigenvalue weighted by molar-refractivity contribution is -0.146. The summed E-state index contributed by atoms with van der Waals surface area (Å²) >= 11 is 0. The van der Waals surface area contributed by atoms with Crippen molar-refractivity contribution in [3.8, 4) is 0 Å². The minimum Gasteiger partial charge on any atom is -0.395 e. The van der Waals surface area contributed by atoms with E-state index in [0.29, 0.717) is 6.54 Å². The molecular weight excluding hydrogens is 208 g/mol. The molecule has 0 aromatic rings. The average Bonchev–Trinajstić information content (AvgIpc) is 2.77. The molecule has 0 atom stereocenters. The molecule has 1 aliphatic rings. The van der Waals surface area contributed by atoms with Crippen LogP contribution in [-0.4, -0.2) is 47.6 Å². The van der Waals surface area contributed by atoms with Crippen molar-refractivity contribution >= 4 is 11.8 Å². The van der Waals surface area contributed by atoms with Crippen LogP contribution in [0.5, 0.6) is 0 Å². The first kappa shape index (κ1) is 13.0. The van der Waals surface area contributed by atoms with Crippen LogP contribution in [0.3, 0.4) is 0 Å². The topological polar surface area (TPSA) is 69.6 Å². The van der Waals surface area contributed by atoms with E-state index in [9.17, 15) is 9.59 Å². The SMILES string of the molecule is CCN(CCO)C(=O)C(=O)NC1CCCC1. The maximum Gasteiger partial charge on any atom is 0.311 e. The predicted octanol–water partition coefficient (Wildman–Crippen LogP) is -0.114. The largest absolute Gasteiger partial charge is 0.395 e. The maximum atomic E-state index is 11.7. The molecule has 2 N–H and O–H groups in total. The third-order valence-electron chi connectivity index (χ3n) is 2.92. The van der Waals surface area contributed by atoms with E-state index in [1.165, 1.54) is 4.90 Å². The van der Waals surface area contributed by atoms with E-state index in [0.717, 1.165) is 25.7 Å². The fraction of sp³-hybridized carbons (Fsp3) is 0.818. The van der Waals surface area contributed by atoms with Gasteiger partial charge in [-0.25, -0.2) is 0 Å². The van der Waals surface area contributed by atoms with Crippen LogP contribution in [0.15, 0.2) is 0 Å². The lowest BCUT2D eigenvalue weighted by Crippen LogP contribution is -2.46. The van der Waals surface area contributed by atoms with Crippen molar-refractivity contribution in [1.29, 1.82) is 0 Å². The number of aliphatic hydroxyl groups excluding tert-OH is 1. The Bertz CT molecular complexity index is 250. The van der Waals surface area contributed by atoms with Gasteiger partial charge in [0.25, 0.3) is 0 Å². The number of carbonyl (C=O) groups excluding carboxylic acids is 2. The van der Waals surface area contributed by atoms with E-state index in [1.54, 1.807) is 6.92 Å². The first-order valence-corrected chi connectivity index (χ1v) is 5.89. The number of nitrogens with zero attached hydrogens (tertiary/aromatic N) is 1. The van der Waals surface area contributed by atoms with Crippen LogP contribution < -0.4 is 5.32 Å². The molecule has 1 saturated carbocycles. The fourth-order valence-electron chi connectivity index (χ4n) is 1.98. The average molecular weight is 228 g/mol. The lowest BCUT2D eigenvalue weighted by Gasteiger charge is -2.20. The molecule has 0 aromatic heterocycles. The molecule has 1 aliphatic carbocycles. The first-order valence-electron chi connectivity index (χ1n) is 5.89. The van der Waals surface area contributed by atoms with Crippen LogP contribution in [-0.2, 0) is 9.59 Å². The summed E-state index contributed by atoms with van der Waals surface area (Å²) in [6.45, 7) is 2.33. The zero-order valence-corrected chi connectivity index (χ0v) is 9.74. The summed E-state index contributed by atoms with van der Waals surface area (Å²) in [6, 6.07) is 0.157. The number of carbonyl (C=O) groups is 2. The second-order valence-electron chi connectivity index (χ2n) is 4.06. The van der Waals surface area contributed by atoms with Gasteiger partial charge < -0.3 is 15.3 Å². The van der Waals surface area contributed by atoms with Gasteiger partial charge in [0.1, 0.15) is 0 Å². The van der Waals surface area contributed by atoms with Crippen LogP contribution in [0.4, 0.5) is 0 Å². The summed E-state index contributed by atoms with van der Waals surface area (Å²) in [6.07, 6.45) is 4.16. The second kappa shape index (κ2) is 6.48. The van der Waals surface area contributed by atoms with Gasteiger partial charge in [-0.2, -0.15) is 0 Å². The summed E-state index contributed by atoms with van der Waals surface area (Å²) in [5.41, 5.74) is 0. The summed E-state index contributed by atoms with van der Waals surface area (Å²) in [7, 11) is 0. The van der Waals surface area contributed by atoms with Gasteiger partial charge in [0.2, 0.25) is 0 Å². The molecule has 0 heterocycles. The lowest BCUT2D eigenvalue weighted by atomic mass is 10.2. The van der Waals surface area contributed by atoms with Crippen LogP contribution >= 0.6 is 0 Å². The van der Waals surface area contributed by atoms with Gasteiger partial charge in [-0.3, -0.25) is 9.59 Å². The number of aliphatic hydroxyl groups is 1. The van der Waals surface area contributed by atoms with E-state index in [4.69, 9.17) is 5.11 Å². The van der Waals surface area contributed by atoms with Gasteiger partial charge in [0.15, 0.2) is 0 Å². The Kier molecular flexibility index (Phi) is 5.25. The third-order valence-corrected chi connectivity index (χ3v) is 2.92. The fourth-order valence-corrected chi connectivity index (χ4v) is 1.98. The van der Waals surface area contributed by atoms with Crippen LogP contribution in [0.25, 0.3) is 0 Å².